The number of carbonyl (C=O) groups excluding carboxylic acids is 2. The number of hydrogen-bond acceptors (Lipinski definition) is 6. The van der Waals surface area contributed by atoms with Gasteiger partial charge in [0.05, 0.1) is 32.1 Å². The zero-order valence-electron chi connectivity index (χ0n) is 19.3. The molecule has 1 atom stereocenters. The van der Waals surface area contributed by atoms with Crippen molar-refractivity contribution >= 4 is 22.6 Å². The van der Waals surface area contributed by atoms with Gasteiger partial charge in [-0.3, -0.25) is 9.59 Å². The lowest BCUT2D eigenvalue weighted by molar-refractivity contribution is -0.129. The normalized spacial score (nSPS) is 15.8. The number of ketones is 1. The van der Waals surface area contributed by atoms with Gasteiger partial charge < -0.3 is 28.9 Å². The molecule has 178 valence electrons. The Balaban J connectivity index is 1.52. The molecule has 0 aliphatic carbocycles. The zero-order valence-corrected chi connectivity index (χ0v) is 19.3. The minimum absolute atomic E-state index is 0.0150. The Morgan fingerprint density at radius 1 is 1.09 bits per heavy atom. The van der Waals surface area contributed by atoms with E-state index >= 15 is 0 Å². The SMILES string of the molecule is COc1cccc([C@H]2C(C(=O)c3ccco3)=C(O)C(=O)N2CCc2c[nH]c3ccc(OC)cc23)c1. The number of nitrogens with zero attached hydrogens (tertiary/aromatic N) is 1. The van der Waals surface area contributed by atoms with Crippen LogP contribution in [0.3, 0.4) is 0 Å². The molecule has 2 aromatic heterocycles. The summed E-state index contributed by atoms with van der Waals surface area (Å²) in [5.74, 6) is -0.346. The first kappa shape index (κ1) is 22.3. The van der Waals surface area contributed by atoms with Crippen molar-refractivity contribution in [3.8, 4) is 11.5 Å². The van der Waals surface area contributed by atoms with Gasteiger partial charge in [0.1, 0.15) is 11.5 Å². The van der Waals surface area contributed by atoms with Crippen LogP contribution in [0.25, 0.3) is 10.9 Å². The molecule has 0 spiro atoms. The van der Waals surface area contributed by atoms with Crippen LogP contribution in [0.4, 0.5) is 0 Å². The van der Waals surface area contributed by atoms with Crippen LogP contribution in [0.15, 0.2) is 82.8 Å². The van der Waals surface area contributed by atoms with E-state index in [1.165, 1.54) is 17.2 Å². The number of H-pyrrole nitrogens is 1. The largest absolute Gasteiger partial charge is 0.503 e. The molecule has 1 amide bonds. The summed E-state index contributed by atoms with van der Waals surface area (Å²) in [6.07, 6.45) is 3.77. The summed E-state index contributed by atoms with van der Waals surface area (Å²) >= 11 is 0. The van der Waals surface area contributed by atoms with Gasteiger partial charge in [0, 0.05) is 23.6 Å². The predicted octanol–water partition coefficient (Wildman–Crippen LogP) is 4.60. The Bertz CT molecular complexity index is 1430. The number of hydrogen-bond donors (Lipinski definition) is 2. The van der Waals surface area contributed by atoms with Gasteiger partial charge in [0.25, 0.3) is 5.91 Å². The second kappa shape index (κ2) is 9.06. The molecule has 5 rings (SSSR count). The van der Waals surface area contributed by atoms with Crippen LogP contribution in [0.2, 0.25) is 0 Å². The molecule has 0 bridgehead atoms. The van der Waals surface area contributed by atoms with Gasteiger partial charge in [-0.1, -0.05) is 12.1 Å². The molecule has 1 aliphatic rings. The van der Waals surface area contributed by atoms with E-state index in [1.54, 1.807) is 44.6 Å². The summed E-state index contributed by atoms with van der Waals surface area (Å²) < 4.78 is 16.0. The smallest absolute Gasteiger partial charge is 0.290 e. The van der Waals surface area contributed by atoms with Gasteiger partial charge in [-0.15, -0.1) is 0 Å². The first-order chi connectivity index (χ1) is 17.0. The number of aliphatic hydroxyl groups excluding tert-OH is 1. The van der Waals surface area contributed by atoms with Crippen molar-refractivity contribution in [2.24, 2.45) is 0 Å². The number of aromatic nitrogens is 1. The van der Waals surface area contributed by atoms with Gasteiger partial charge in [-0.05, 0) is 60.0 Å². The van der Waals surface area contributed by atoms with Crippen LogP contribution in [-0.4, -0.2) is 47.4 Å². The summed E-state index contributed by atoms with van der Waals surface area (Å²) in [4.78, 5) is 31.3. The maximum atomic E-state index is 13.3. The maximum Gasteiger partial charge on any atom is 0.290 e. The number of furan rings is 1. The van der Waals surface area contributed by atoms with E-state index in [9.17, 15) is 14.7 Å². The fourth-order valence-corrected chi connectivity index (χ4v) is 4.55. The summed E-state index contributed by atoms with van der Waals surface area (Å²) in [7, 11) is 3.16. The van der Waals surface area contributed by atoms with Crippen LogP contribution in [0.5, 0.6) is 11.5 Å². The molecule has 0 saturated heterocycles. The Morgan fingerprint density at radius 3 is 2.63 bits per heavy atom. The second-order valence-electron chi connectivity index (χ2n) is 8.22. The van der Waals surface area contributed by atoms with Crippen molar-refractivity contribution in [2.75, 3.05) is 20.8 Å². The molecule has 8 heteroatoms. The molecule has 35 heavy (non-hydrogen) atoms. The van der Waals surface area contributed by atoms with E-state index in [0.29, 0.717) is 17.7 Å². The highest BCUT2D eigenvalue weighted by Crippen LogP contribution is 2.40. The van der Waals surface area contributed by atoms with Gasteiger partial charge in [0.15, 0.2) is 11.5 Å². The lowest BCUT2D eigenvalue weighted by Gasteiger charge is -2.27. The van der Waals surface area contributed by atoms with Gasteiger partial charge >= 0.3 is 0 Å². The third-order valence-corrected chi connectivity index (χ3v) is 6.30. The number of aromatic amines is 1. The Hall–Kier alpha value is -4.46. The fourth-order valence-electron chi connectivity index (χ4n) is 4.55. The van der Waals surface area contributed by atoms with E-state index in [-0.39, 0.29) is 17.9 Å². The monoisotopic (exact) mass is 472 g/mol. The maximum absolute atomic E-state index is 13.3. The molecule has 0 fully saturated rings. The number of nitrogens with one attached hydrogen (secondary N) is 1. The third-order valence-electron chi connectivity index (χ3n) is 6.30. The highest BCUT2D eigenvalue weighted by atomic mass is 16.5. The van der Waals surface area contributed by atoms with E-state index in [0.717, 1.165) is 22.2 Å². The number of ether oxygens (including phenoxy) is 2. The lowest BCUT2D eigenvalue weighted by Crippen LogP contribution is -2.33. The number of aliphatic hydroxyl groups is 1. The average molecular weight is 472 g/mol. The van der Waals surface area contributed by atoms with E-state index in [4.69, 9.17) is 13.9 Å². The van der Waals surface area contributed by atoms with Crippen molar-refractivity contribution in [3.05, 3.63) is 95.3 Å². The lowest BCUT2D eigenvalue weighted by atomic mass is 9.94. The minimum Gasteiger partial charge on any atom is -0.503 e. The quantitative estimate of drug-likeness (QED) is 0.363. The van der Waals surface area contributed by atoms with Crippen LogP contribution in [0.1, 0.15) is 27.7 Å². The standard InChI is InChI=1S/C27H24N2O6/c1-33-18-6-3-5-16(13-18)24-23(25(30)22-7-4-12-35-22)26(31)27(32)29(24)11-10-17-15-28-21-9-8-19(34-2)14-20(17)21/h3-9,12-15,24,28,31H,10-11H2,1-2H3/t24-/m0/s1. The number of methoxy groups -OCH3 is 2. The molecule has 0 radical (unpaired) electrons. The van der Waals surface area contributed by atoms with Gasteiger partial charge in [-0.25, -0.2) is 0 Å². The highest BCUT2D eigenvalue weighted by Gasteiger charge is 2.44. The van der Waals surface area contributed by atoms with Crippen LogP contribution >= 0.6 is 0 Å². The Morgan fingerprint density at radius 2 is 1.89 bits per heavy atom. The molecule has 0 saturated carbocycles. The first-order valence-corrected chi connectivity index (χ1v) is 11.1. The molecule has 2 aromatic carbocycles. The number of amides is 1. The second-order valence-corrected chi connectivity index (χ2v) is 8.22. The number of fused-ring (bicyclic) bond motifs is 1. The zero-order chi connectivity index (χ0) is 24.5. The third kappa shape index (κ3) is 3.93. The molecule has 1 aliphatic heterocycles. The number of rotatable bonds is 8. The Kier molecular flexibility index (Phi) is 5.78. The number of Topliss-reactive ketones (excluding diaryl/α,β-unsaturated/α-hetero) is 1. The summed E-state index contributed by atoms with van der Waals surface area (Å²) in [5.41, 5.74) is 2.57. The molecular formula is C27H24N2O6. The molecule has 8 nitrogen and oxygen atoms in total. The van der Waals surface area contributed by atoms with Crippen molar-refractivity contribution in [2.45, 2.75) is 12.5 Å². The van der Waals surface area contributed by atoms with Crippen molar-refractivity contribution < 1.29 is 28.6 Å². The predicted molar refractivity (Wildman–Crippen MR) is 129 cm³/mol. The molecular weight excluding hydrogens is 448 g/mol. The van der Waals surface area contributed by atoms with Gasteiger partial charge in [0.2, 0.25) is 5.78 Å². The molecule has 0 unspecified atom stereocenters. The summed E-state index contributed by atoms with van der Waals surface area (Å²) in [6.45, 7) is 0.268. The molecule has 2 N–H and O–H groups in total. The summed E-state index contributed by atoms with van der Waals surface area (Å²) in [6, 6.07) is 15.2. The fraction of sp³-hybridized carbons (Fsp3) is 0.185. The minimum atomic E-state index is -0.796. The van der Waals surface area contributed by atoms with E-state index < -0.39 is 23.5 Å². The highest BCUT2D eigenvalue weighted by molar-refractivity contribution is 6.15. The summed E-state index contributed by atoms with van der Waals surface area (Å²) in [5, 5.41) is 11.8. The molecule has 3 heterocycles. The van der Waals surface area contributed by atoms with Crippen LogP contribution in [-0.2, 0) is 11.2 Å². The van der Waals surface area contributed by atoms with Crippen molar-refractivity contribution in [1.82, 2.24) is 9.88 Å². The van der Waals surface area contributed by atoms with E-state index in [1.807, 2.05) is 24.4 Å². The van der Waals surface area contributed by atoms with Gasteiger partial charge in [-0.2, -0.15) is 0 Å². The van der Waals surface area contributed by atoms with Crippen LogP contribution in [0, 0.1) is 0 Å². The number of carbonyl (C=O) groups is 2. The number of benzene rings is 2. The molecule has 4 aromatic rings. The first-order valence-electron chi connectivity index (χ1n) is 11.1. The average Bonchev–Trinajstić information content (AvgIpc) is 3.62. The van der Waals surface area contributed by atoms with Crippen molar-refractivity contribution in [1.29, 1.82) is 0 Å². The topological polar surface area (TPSA) is 105 Å². The van der Waals surface area contributed by atoms with E-state index in [2.05, 4.69) is 4.98 Å². The van der Waals surface area contributed by atoms with Crippen LogP contribution < -0.4 is 9.47 Å². The Labute approximate surface area is 201 Å². The van der Waals surface area contributed by atoms with Crippen molar-refractivity contribution in [3.63, 3.8) is 0 Å².